The predicted octanol–water partition coefficient (Wildman–Crippen LogP) is 4.69. The van der Waals surface area contributed by atoms with Gasteiger partial charge in [-0.3, -0.25) is 4.79 Å². The van der Waals surface area contributed by atoms with E-state index in [-0.39, 0.29) is 5.78 Å². The third-order valence-corrected chi connectivity index (χ3v) is 4.12. The van der Waals surface area contributed by atoms with E-state index < -0.39 is 0 Å². The van der Waals surface area contributed by atoms with Crippen LogP contribution in [0.5, 0.6) is 0 Å². The molecule has 1 aromatic heterocycles. The number of rotatable bonds is 2. The van der Waals surface area contributed by atoms with Crippen molar-refractivity contribution in [3.05, 3.63) is 68.8 Å². The molecule has 0 aliphatic carbocycles. The Hall–Kier alpha value is -2.09. The van der Waals surface area contributed by atoms with Crippen molar-refractivity contribution < 1.29 is 4.79 Å². The van der Waals surface area contributed by atoms with Crippen molar-refractivity contribution in [2.45, 2.75) is 0 Å². The van der Waals surface area contributed by atoms with E-state index >= 15 is 0 Å². The molecule has 0 spiro atoms. The van der Waals surface area contributed by atoms with Gasteiger partial charge in [0.15, 0.2) is 5.78 Å². The quantitative estimate of drug-likeness (QED) is 0.675. The number of aromatic nitrogens is 1. The standard InChI is InChI=1S/C16H8BrClN2O/c17-14-6-10(18)2-4-12(14)16(21)13-8-20-15-5-9(7-19)1-3-11(13)15/h1-6,8,20H. The number of nitriles is 1. The number of nitrogens with one attached hydrogen (secondary N) is 1. The van der Waals surface area contributed by atoms with Crippen LogP contribution in [-0.4, -0.2) is 10.8 Å². The van der Waals surface area contributed by atoms with Crippen molar-refractivity contribution in [1.82, 2.24) is 4.98 Å². The molecule has 2 aromatic carbocycles. The Labute approximate surface area is 134 Å². The van der Waals surface area contributed by atoms with Gasteiger partial charge in [-0.1, -0.05) is 17.7 Å². The first kappa shape index (κ1) is 13.9. The van der Waals surface area contributed by atoms with Crippen molar-refractivity contribution in [2.75, 3.05) is 0 Å². The second-order valence-corrected chi connectivity index (χ2v) is 5.82. The Kier molecular flexibility index (Phi) is 3.54. The number of fused-ring (bicyclic) bond motifs is 1. The van der Waals surface area contributed by atoms with Gasteiger partial charge in [0.25, 0.3) is 0 Å². The predicted molar refractivity (Wildman–Crippen MR) is 85.6 cm³/mol. The third-order valence-electron chi connectivity index (χ3n) is 3.23. The van der Waals surface area contributed by atoms with Crippen LogP contribution < -0.4 is 0 Å². The molecule has 0 saturated heterocycles. The molecule has 0 fully saturated rings. The number of H-pyrrole nitrogens is 1. The summed E-state index contributed by atoms with van der Waals surface area (Å²) in [6.07, 6.45) is 1.66. The topological polar surface area (TPSA) is 56.6 Å². The molecule has 0 aliphatic rings. The summed E-state index contributed by atoms with van der Waals surface area (Å²) >= 11 is 9.26. The summed E-state index contributed by atoms with van der Waals surface area (Å²) in [5.41, 5.74) is 2.43. The second-order valence-electron chi connectivity index (χ2n) is 4.53. The number of hydrogen-bond acceptors (Lipinski definition) is 2. The molecule has 0 saturated carbocycles. The Morgan fingerprint density at radius 1 is 1.19 bits per heavy atom. The Morgan fingerprint density at radius 3 is 2.71 bits per heavy atom. The van der Waals surface area contributed by atoms with Crippen LogP contribution in [0.1, 0.15) is 21.5 Å². The lowest BCUT2D eigenvalue weighted by molar-refractivity contribution is 0.103. The summed E-state index contributed by atoms with van der Waals surface area (Å²) in [4.78, 5) is 15.7. The molecule has 3 rings (SSSR count). The van der Waals surface area contributed by atoms with Crippen molar-refractivity contribution in [2.24, 2.45) is 0 Å². The largest absolute Gasteiger partial charge is 0.360 e. The molecule has 3 nitrogen and oxygen atoms in total. The molecule has 5 heteroatoms. The third kappa shape index (κ3) is 2.46. The number of carbonyl (C=O) groups is 1. The van der Waals surface area contributed by atoms with Crippen LogP contribution in [0, 0.1) is 11.3 Å². The zero-order chi connectivity index (χ0) is 15.0. The zero-order valence-corrected chi connectivity index (χ0v) is 13.0. The van der Waals surface area contributed by atoms with E-state index in [1.807, 2.05) is 0 Å². The SMILES string of the molecule is N#Cc1ccc2c(C(=O)c3ccc(Cl)cc3Br)c[nH]c2c1. The Morgan fingerprint density at radius 2 is 2.00 bits per heavy atom. The number of ketones is 1. The van der Waals surface area contributed by atoms with Crippen molar-refractivity contribution >= 4 is 44.2 Å². The van der Waals surface area contributed by atoms with Crippen molar-refractivity contribution in [3.63, 3.8) is 0 Å². The van der Waals surface area contributed by atoms with Crippen LogP contribution in [0.2, 0.25) is 5.02 Å². The van der Waals surface area contributed by atoms with Gasteiger partial charge in [0, 0.05) is 37.7 Å². The molecule has 1 heterocycles. The molecule has 0 radical (unpaired) electrons. The Balaban J connectivity index is 2.12. The average molecular weight is 360 g/mol. The van der Waals surface area contributed by atoms with Crippen molar-refractivity contribution in [1.29, 1.82) is 5.26 Å². The molecule has 102 valence electrons. The minimum absolute atomic E-state index is 0.102. The molecular weight excluding hydrogens is 352 g/mol. The molecule has 0 aliphatic heterocycles. The van der Waals surface area contributed by atoms with Gasteiger partial charge in [-0.25, -0.2) is 0 Å². The summed E-state index contributed by atoms with van der Waals surface area (Å²) < 4.78 is 0.656. The maximum atomic E-state index is 12.6. The molecule has 0 amide bonds. The van der Waals surface area contributed by atoms with Crippen LogP contribution in [0.25, 0.3) is 10.9 Å². The highest BCUT2D eigenvalue weighted by Crippen LogP contribution is 2.27. The van der Waals surface area contributed by atoms with E-state index in [0.717, 1.165) is 10.9 Å². The van der Waals surface area contributed by atoms with E-state index in [1.54, 1.807) is 42.6 Å². The minimum atomic E-state index is -0.102. The van der Waals surface area contributed by atoms with Crippen LogP contribution in [0.15, 0.2) is 47.1 Å². The van der Waals surface area contributed by atoms with Gasteiger partial charge in [-0.05, 0) is 46.3 Å². The number of benzene rings is 2. The first-order valence-electron chi connectivity index (χ1n) is 6.11. The van der Waals surface area contributed by atoms with Gasteiger partial charge in [-0.2, -0.15) is 5.26 Å². The van der Waals surface area contributed by atoms with Gasteiger partial charge in [0.05, 0.1) is 11.6 Å². The molecule has 21 heavy (non-hydrogen) atoms. The molecule has 1 N–H and O–H groups in total. The molecule has 0 unspecified atom stereocenters. The highest BCUT2D eigenvalue weighted by molar-refractivity contribution is 9.10. The first-order chi connectivity index (χ1) is 10.1. The lowest BCUT2D eigenvalue weighted by Gasteiger charge is -2.03. The fourth-order valence-corrected chi connectivity index (χ4v) is 3.07. The summed E-state index contributed by atoms with van der Waals surface area (Å²) in [5.74, 6) is -0.102. The molecule has 0 bridgehead atoms. The van der Waals surface area contributed by atoms with Gasteiger partial charge < -0.3 is 4.98 Å². The monoisotopic (exact) mass is 358 g/mol. The van der Waals surface area contributed by atoms with Gasteiger partial charge in [0.2, 0.25) is 0 Å². The van der Waals surface area contributed by atoms with Crippen LogP contribution in [0.3, 0.4) is 0 Å². The van der Waals surface area contributed by atoms with E-state index in [4.69, 9.17) is 16.9 Å². The fourth-order valence-electron chi connectivity index (χ4n) is 2.20. The van der Waals surface area contributed by atoms with Crippen LogP contribution in [-0.2, 0) is 0 Å². The highest BCUT2D eigenvalue weighted by Gasteiger charge is 2.17. The van der Waals surface area contributed by atoms with Gasteiger partial charge in [-0.15, -0.1) is 0 Å². The molecule has 0 atom stereocenters. The van der Waals surface area contributed by atoms with Gasteiger partial charge in [0.1, 0.15) is 0 Å². The smallest absolute Gasteiger partial charge is 0.196 e. The summed E-state index contributed by atoms with van der Waals surface area (Å²) in [7, 11) is 0. The second kappa shape index (κ2) is 5.36. The lowest BCUT2D eigenvalue weighted by atomic mass is 10.0. The van der Waals surface area contributed by atoms with Crippen LogP contribution in [0.4, 0.5) is 0 Å². The van der Waals surface area contributed by atoms with Crippen molar-refractivity contribution in [3.8, 4) is 6.07 Å². The number of carbonyl (C=O) groups excluding carboxylic acids is 1. The number of halogens is 2. The highest BCUT2D eigenvalue weighted by atomic mass is 79.9. The first-order valence-corrected chi connectivity index (χ1v) is 7.28. The lowest BCUT2D eigenvalue weighted by Crippen LogP contribution is -2.01. The van der Waals surface area contributed by atoms with E-state index in [9.17, 15) is 4.79 Å². The summed E-state index contributed by atoms with van der Waals surface area (Å²) in [6.45, 7) is 0. The van der Waals surface area contributed by atoms with Gasteiger partial charge >= 0.3 is 0 Å². The zero-order valence-electron chi connectivity index (χ0n) is 10.7. The minimum Gasteiger partial charge on any atom is -0.360 e. The van der Waals surface area contributed by atoms with Crippen LogP contribution >= 0.6 is 27.5 Å². The maximum Gasteiger partial charge on any atom is 0.196 e. The van der Waals surface area contributed by atoms with E-state index in [0.29, 0.717) is 26.2 Å². The maximum absolute atomic E-state index is 12.6. The number of nitrogens with zero attached hydrogens (tertiary/aromatic N) is 1. The number of hydrogen-bond donors (Lipinski definition) is 1. The number of aromatic amines is 1. The normalized spacial score (nSPS) is 10.5. The average Bonchev–Trinajstić information content (AvgIpc) is 2.89. The Bertz CT molecular complexity index is 908. The molecule has 3 aromatic rings. The van der Waals surface area contributed by atoms with E-state index in [1.165, 1.54) is 0 Å². The summed E-state index contributed by atoms with van der Waals surface area (Å²) in [6, 6.07) is 12.3. The molecular formula is C16H8BrClN2O. The summed E-state index contributed by atoms with van der Waals surface area (Å²) in [5, 5.41) is 10.3. The van der Waals surface area contributed by atoms with E-state index in [2.05, 4.69) is 27.0 Å². The fraction of sp³-hybridized carbons (Fsp3) is 0.